The molecule has 2 rings (SSSR count). The van der Waals surface area contributed by atoms with Crippen LogP contribution < -0.4 is 0 Å². The summed E-state index contributed by atoms with van der Waals surface area (Å²) in [5, 5.41) is 0. The molecule has 3 heteroatoms. The lowest BCUT2D eigenvalue weighted by Crippen LogP contribution is -2.17. The largest absolute Gasteiger partial charge is 0.261 e. The summed E-state index contributed by atoms with van der Waals surface area (Å²) in [6, 6.07) is 10.6. The fourth-order valence-electron chi connectivity index (χ4n) is 2.57. The van der Waals surface area contributed by atoms with E-state index in [1.807, 2.05) is 19.2 Å². The Morgan fingerprint density at radius 1 is 0.920 bits per heavy atom. The molecule has 0 fully saturated rings. The summed E-state index contributed by atoms with van der Waals surface area (Å²) in [5.74, 6) is 0.627. The molecule has 0 N–H and O–H groups in total. The second kappa shape index (κ2) is 7.41. The Morgan fingerprint density at radius 3 is 1.92 bits per heavy atom. The number of hydrogen-bond acceptors (Lipinski definition) is 2. The first-order chi connectivity index (χ1) is 11.5. The zero-order valence-corrected chi connectivity index (χ0v) is 17.5. The highest BCUT2D eigenvalue weighted by Crippen LogP contribution is 2.31. The van der Waals surface area contributed by atoms with Crippen LogP contribution in [-0.4, -0.2) is 14.9 Å². The van der Waals surface area contributed by atoms with Gasteiger partial charge in [-0.15, -0.1) is 0 Å². The van der Waals surface area contributed by atoms with Gasteiger partial charge in [0.05, 0.1) is 10.8 Å². The lowest BCUT2D eigenvalue weighted by Gasteiger charge is -2.26. The summed E-state index contributed by atoms with van der Waals surface area (Å²) in [5.41, 5.74) is 4.74. The molecule has 0 amide bonds. The Balaban J connectivity index is 2.27. The number of aromatic nitrogens is 1. The molecule has 1 unspecified atom stereocenters. The van der Waals surface area contributed by atoms with E-state index in [0.29, 0.717) is 5.75 Å². The van der Waals surface area contributed by atoms with E-state index in [-0.39, 0.29) is 10.8 Å². The zero-order valence-electron chi connectivity index (χ0n) is 16.6. The molecule has 0 saturated carbocycles. The van der Waals surface area contributed by atoms with Gasteiger partial charge in [-0.1, -0.05) is 53.7 Å². The third-order valence-corrected chi connectivity index (χ3v) is 5.79. The van der Waals surface area contributed by atoms with Crippen molar-refractivity contribution in [3.8, 4) is 0 Å². The Labute approximate surface area is 155 Å². The van der Waals surface area contributed by atoms with Crippen molar-refractivity contribution < 1.29 is 4.21 Å². The van der Waals surface area contributed by atoms with Gasteiger partial charge in [0, 0.05) is 22.5 Å². The smallest absolute Gasteiger partial charge is 0.0533 e. The predicted octanol–water partition coefficient (Wildman–Crippen LogP) is 5.34. The summed E-state index contributed by atoms with van der Waals surface area (Å²) < 4.78 is 12.9. The fraction of sp³-hybridized carbons (Fsp3) is 0.500. The topological polar surface area (TPSA) is 30.0 Å². The van der Waals surface area contributed by atoms with E-state index in [2.05, 4.69) is 70.8 Å². The van der Waals surface area contributed by atoms with Crippen molar-refractivity contribution in [2.24, 2.45) is 0 Å². The highest BCUT2D eigenvalue weighted by molar-refractivity contribution is 7.85. The molecule has 25 heavy (non-hydrogen) atoms. The SMILES string of the molecule is Cc1ccc(CCS(=O)c2cc(C(C)(C)C)cc(C(C)(C)C)c2)cn1. The number of nitrogens with zero attached hydrogens (tertiary/aromatic N) is 1. The fourth-order valence-corrected chi connectivity index (χ4v) is 3.74. The van der Waals surface area contributed by atoms with E-state index < -0.39 is 10.8 Å². The number of rotatable bonds is 4. The van der Waals surface area contributed by atoms with Crippen LogP contribution in [0.5, 0.6) is 0 Å². The minimum atomic E-state index is -1.01. The van der Waals surface area contributed by atoms with E-state index in [1.165, 1.54) is 11.1 Å². The Bertz CT molecular complexity index is 717. The molecule has 0 aliphatic rings. The minimum absolute atomic E-state index is 0.0427. The van der Waals surface area contributed by atoms with Crippen LogP contribution in [0.4, 0.5) is 0 Å². The molecule has 1 aromatic carbocycles. The van der Waals surface area contributed by atoms with E-state index in [4.69, 9.17) is 0 Å². The molecule has 1 atom stereocenters. The number of aryl methyl sites for hydroxylation is 2. The summed E-state index contributed by atoms with van der Waals surface area (Å²) in [4.78, 5) is 5.27. The average molecular weight is 358 g/mol. The minimum Gasteiger partial charge on any atom is -0.261 e. The molecule has 0 spiro atoms. The van der Waals surface area contributed by atoms with Crippen LogP contribution in [0.15, 0.2) is 41.4 Å². The first kappa shape index (κ1) is 19.8. The number of benzene rings is 1. The highest BCUT2D eigenvalue weighted by atomic mass is 32.2. The van der Waals surface area contributed by atoms with Crippen LogP contribution >= 0.6 is 0 Å². The highest BCUT2D eigenvalue weighted by Gasteiger charge is 2.21. The van der Waals surface area contributed by atoms with E-state index >= 15 is 0 Å². The molecular formula is C22H31NOS. The lowest BCUT2D eigenvalue weighted by molar-refractivity contribution is 0.565. The molecule has 0 radical (unpaired) electrons. The molecule has 2 aromatic rings. The van der Waals surface area contributed by atoms with Crippen LogP contribution in [0.3, 0.4) is 0 Å². The van der Waals surface area contributed by atoms with E-state index in [9.17, 15) is 4.21 Å². The monoisotopic (exact) mass is 357 g/mol. The van der Waals surface area contributed by atoms with Crippen molar-refractivity contribution in [1.29, 1.82) is 0 Å². The van der Waals surface area contributed by atoms with Gasteiger partial charge in [-0.25, -0.2) is 0 Å². The van der Waals surface area contributed by atoms with Crippen molar-refractivity contribution in [3.05, 3.63) is 58.9 Å². The molecule has 0 aliphatic heterocycles. The van der Waals surface area contributed by atoms with Crippen LogP contribution in [0.25, 0.3) is 0 Å². The quantitative estimate of drug-likeness (QED) is 0.740. The summed E-state index contributed by atoms with van der Waals surface area (Å²) >= 11 is 0. The van der Waals surface area contributed by atoms with Gasteiger partial charge in [-0.2, -0.15) is 0 Å². The van der Waals surface area contributed by atoms with Crippen molar-refractivity contribution >= 4 is 10.8 Å². The first-order valence-electron chi connectivity index (χ1n) is 8.93. The Hall–Kier alpha value is -1.48. The van der Waals surface area contributed by atoms with Crippen molar-refractivity contribution in [3.63, 3.8) is 0 Å². The molecular weight excluding hydrogens is 326 g/mol. The van der Waals surface area contributed by atoms with Gasteiger partial charge in [0.15, 0.2) is 0 Å². The summed E-state index contributed by atoms with van der Waals surface area (Å²) in [6.45, 7) is 15.2. The second-order valence-electron chi connectivity index (χ2n) is 8.85. The summed E-state index contributed by atoms with van der Waals surface area (Å²) in [6.07, 6.45) is 2.67. The maximum atomic E-state index is 12.9. The normalized spacial score (nSPS) is 13.7. The first-order valence-corrected chi connectivity index (χ1v) is 10.2. The number of pyridine rings is 1. The van der Waals surface area contributed by atoms with Crippen molar-refractivity contribution in [2.45, 2.75) is 70.6 Å². The zero-order chi connectivity index (χ0) is 18.8. The van der Waals surface area contributed by atoms with Gasteiger partial charge < -0.3 is 0 Å². The third-order valence-electron chi connectivity index (χ3n) is 4.45. The lowest BCUT2D eigenvalue weighted by atomic mass is 9.81. The molecule has 136 valence electrons. The van der Waals surface area contributed by atoms with Crippen LogP contribution in [0.2, 0.25) is 0 Å². The second-order valence-corrected chi connectivity index (χ2v) is 10.4. The van der Waals surface area contributed by atoms with E-state index in [1.54, 1.807) is 0 Å². The van der Waals surface area contributed by atoms with Gasteiger partial charge >= 0.3 is 0 Å². The van der Waals surface area contributed by atoms with Gasteiger partial charge in [0.25, 0.3) is 0 Å². The maximum absolute atomic E-state index is 12.9. The van der Waals surface area contributed by atoms with Crippen LogP contribution in [0, 0.1) is 6.92 Å². The summed E-state index contributed by atoms with van der Waals surface area (Å²) in [7, 11) is -1.01. The van der Waals surface area contributed by atoms with Crippen LogP contribution in [0.1, 0.15) is 63.9 Å². The molecule has 1 heterocycles. The molecule has 0 bridgehead atoms. The van der Waals surface area contributed by atoms with Gasteiger partial charge in [-0.3, -0.25) is 9.19 Å². The molecule has 1 aromatic heterocycles. The third kappa shape index (κ3) is 5.50. The van der Waals surface area contributed by atoms with Gasteiger partial charge in [0.1, 0.15) is 0 Å². The molecule has 0 saturated heterocycles. The van der Waals surface area contributed by atoms with Gasteiger partial charge in [-0.05, 0) is 59.1 Å². The maximum Gasteiger partial charge on any atom is 0.0533 e. The molecule has 0 aliphatic carbocycles. The average Bonchev–Trinajstić information content (AvgIpc) is 2.52. The standard InChI is InChI=1S/C22H31NOS/c1-16-8-9-17(15-23-16)10-11-25(24)20-13-18(21(2,3)4)12-19(14-20)22(5,6)7/h8-9,12-15H,10-11H2,1-7H3. The predicted molar refractivity (Wildman–Crippen MR) is 108 cm³/mol. The Kier molecular flexibility index (Phi) is 5.88. The van der Waals surface area contributed by atoms with Crippen molar-refractivity contribution in [2.75, 3.05) is 5.75 Å². The van der Waals surface area contributed by atoms with E-state index in [0.717, 1.165) is 22.6 Å². The Morgan fingerprint density at radius 2 is 1.48 bits per heavy atom. The van der Waals surface area contributed by atoms with Crippen molar-refractivity contribution in [1.82, 2.24) is 4.98 Å². The van der Waals surface area contributed by atoms with Gasteiger partial charge in [0.2, 0.25) is 0 Å². The number of hydrogen-bond donors (Lipinski definition) is 0. The van der Waals surface area contributed by atoms with Crippen LogP contribution in [-0.2, 0) is 28.1 Å². The molecule has 2 nitrogen and oxygen atoms in total.